The van der Waals surface area contributed by atoms with Crippen molar-refractivity contribution in [2.24, 2.45) is 0 Å². The van der Waals surface area contributed by atoms with Crippen LogP contribution in [0.25, 0.3) is 11.3 Å². The molecule has 0 saturated carbocycles. The Labute approximate surface area is 168 Å². The lowest BCUT2D eigenvalue weighted by Gasteiger charge is -2.26. The number of anilines is 1. The Morgan fingerprint density at radius 2 is 1.89 bits per heavy atom. The van der Waals surface area contributed by atoms with E-state index < -0.39 is 0 Å². The molecule has 0 aliphatic heterocycles. The molecule has 0 saturated heterocycles. The summed E-state index contributed by atoms with van der Waals surface area (Å²) in [5.41, 5.74) is 1.61. The number of oxazole rings is 1. The highest BCUT2D eigenvalue weighted by molar-refractivity contribution is 6.36. The van der Waals surface area contributed by atoms with Gasteiger partial charge >= 0.3 is 0 Å². The van der Waals surface area contributed by atoms with Gasteiger partial charge in [0, 0.05) is 35.2 Å². The molecule has 0 fully saturated rings. The van der Waals surface area contributed by atoms with Gasteiger partial charge in [0.25, 0.3) is 0 Å². The van der Waals surface area contributed by atoms with Crippen molar-refractivity contribution in [2.45, 2.75) is 32.7 Å². The number of carbonyl (C=O) groups excluding carboxylic acids is 1. The van der Waals surface area contributed by atoms with Crippen LogP contribution in [0.15, 0.2) is 59.1 Å². The third kappa shape index (κ3) is 4.71. The van der Waals surface area contributed by atoms with E-state index >= 15 is 0 Å². The van der Waals surface area contributed by atoms with Crippen molar-refractivity contribution in [1.29, 1.82) is 0 Å². The van der Waals surface area contributed by atoms with Gasteiger partial charge in [-0.05, 0) is 44.2 Å². The van der Waals surface area contributed by atoms with Gasteiger partial charge in [-0.25, -0.2) is 4.98 Å². The lowest BCUT2D eigenvalue weighted by molar-refractivity contribution is -0.119. The SMILES string of the molecule is CC(C)N(C(=O)CCc1ncc(-c2ccc(Cl)cc2Cl)o1)c1ccccc1. The van der Waals surface area contributed by atoms with Gasteiger partial charge in [0.05, 0.1) is 11.2 Å². The Morgan fingerprint density at radius 1 is 1.15 bits per heavy atom. The van der Waals surface area contributed by atoms with Crippen molar-refractivity contribution in [3.8, 4) is 11.3 Å². The molecule has 0 N–H and O–H groups in total. The van der Waals surface area contributed by atoms with Crippen LogP contribution in [0.4, 0.5) is 5.69 Å². The minimum Gasteiger partial charge on any atom is -0.441 e. The maximum atomic E-state index is 12.7. The second-order valence-electron chi connectivity index (χ2n) is 6.44. The number of carbonyl (C=O) groups is 1. The Morgan fingerprint density at radius 3 is 2.56 bits per heavy atom. The molecule has 0 spiro atoms. The van der Waals surface area contributed by atoms with Gasteiger partial charge in [0.1, 0.15) is 0 Å². The number of hydrogen-bond acceptors (Lipinski definition) is 3. The fraction of sp³-hybridized carbons (Fsp3) is 0.238. The zero-order valence-electron chi connectivity index (χ0n) is 15.2. The third-order valence-corrected chi connectivity index (χ3v) is 4.67. The van der Waals surface area contributed by atoms with Crippen LogP contribution < -0.4 is 4.90 Å². The average molecular weight is 403 g/mol. The molecule has 4 nitrogen and oxygen atoms in total. The van der Waals surface area contributed by atoms with Crippen LogP contribution in [0.2, 0.25) is 10.0 Å². The maximum Gasteiger partial charge on any atom is 0.227 e. The lowest BCUT2D eigenvalue weighted by atomic mass is 10.2. The van der Waals surface area contributed by atoms with E-state index in [-0.39, 0.29) is 11.9 Å². The van der Waals surface area contributed by atoms with Crippen LogP contribution in [0.5, 0.6) is 0 Å². The number of amides is 1. The smallest absolute Gasteiger partial charge is 0.227 e. The normalized spacial score (nSPS) is 11.0. The standard InChI is InChI=1S/C21H20Cl2N2O2/c1-14(2)25(16-6-4-3-5-7-16)21(26)11-10-20-24-13-19(27-20)17-9-8-15(22)12-18(17)23/h3-9,12-14H,10-11H2,1-2H3. The molecule has 0 aliphatic rings. The largest absolute Gasteiger partial charge is 0.441 e. The second kappa shape index (κ2) is 8.59. The Kier molecular flexibility index (Phi) is 6.19. The molecule has 1 heterocycles. The molecule has 2 aromatic carbocycles. The van der Waals surface area contributed by atoms with E-state index in [0.29, 0.717) is 34.5 Å². The van der Waals surface area contributed by atoms with Crippen LogP contribution in [-0.2, 0) is 11.2 Å². The maximum absolute atomic E-state index is 12.7. The number of para-hydroxylation sites is 1. The molecule has 1 amide bonds. The summed E-state index contributed by atoms with van der Waals surface area (Å²) in [6, 6.07) is 14.9. The Hall–Kier alpha value is -2.30. The van der Waals surface area contributed by atoms with E-state index in [1.807, 2.05) is 44.2 Å². The molecule has 27 heavy (non-hydrogen) atoms. The van der Waals surface area contributed by atoms with Crippen molar-refractivity contribution >= 4 is 34.8 Å². The quantitative estimate of drug-likeness (QED) is 0.505. The molecule has 0 unspecified atom stereocenters. The summed E-state index contributed by atoms with van der Waals surface area (Å²) in [6.45, 7) is 3.99. The van der Waals surface area contributed by atoms with Gasteiger partial charge in [-0.2, -0.15) is 0 Å². The lowest BCUT2D eigenvalue weighted by Crippen LogP contribution is -2.37. The van der Waals surface area contributed by atoms with Crippen LogP contribution in [0.3, 0.4) is 0 Å². The van der Waals surface area contributed by atoms with Gasteiger partial charge < -0.3 is 9.32 Å². The summed E-state index contributed by atoms with van der Waals surface area (Å²) >= 11 is 12.1. The van der Waals surface area contributed by atoms with Crippen LogP contribution in [-0.4, -0.2) is 16.9 Å². The van der Waals surface area contributed by atoms with Crippen LogP contribution in [0, 0.1) is 0 Å². The first-order chi connectivity index (χ1) is 13.0. The summed E-state index contributed by atoms with van der Waals surface area (Å²) in [5, 5.41) is 1.06. The number of benzene rings is 2. The van der Waals surface area contributed by atoms with Gasteiger partial charge in [-0.1, -0.05) is 41.4 Å². The fourth-order valence-electron chi connectivity index (χ4n) is 2.89. The van der Waals surface area contributed by atoms with E-state index in [1.165, 1.54) is 0 Å². The van der Waals surface area contributed by atoms with Gasteiger partial charge in [-0.3, -0.25) is 4.79 Å². The zero-order valence-corrected chi connectivity index (χ0v) is 16.7. The molecular weight excluding hydrogens is 383 g/mol. The topological polar surface area (TPSA) is 46.3 Å². The van der Waals surface area contributed by atoms with Crippen LogP contribution >= 0.6 is 23.2 Å². The van der Waals surface area contributed by atoms with E-state index in [0.717, 1.165) is 11.3 Å². The van der Waals surface area contributed by atoms with Gasteiger partial charge in [0.2, 0.25) is 5.91 Å². The molecule has 0 aliphatic carbocycles. The first kappa shape index (κ1) is 19.5. The summed E-state index contributed by atoms with van der Waals surface area (Å²) < 4.78 is 5.78. The predicted molar refractivity (Wildman–Crippen MR) is 109 cm³/mol. The predicted octanol–water partition coefficient (Wildman–Crippen LogP) is 6.02. The van der Waals surface area contributed by atoms with E-state index in [4.69, 9.17) is 27.6 Å². The second-order valence-corrected chi connectivity index (χ2v) is 7.28. The van der Waals surface area contributed by atoms with Crippen LogP contribution in [0.1, 0.15) is 26.2 Å². The molecule has 0 bridgehead atoms. The highest BCUT2D eigenvalue weighted by Gasteiger charge is 2.19. The number of hydrogen-bond donors (Lipinski definition) is 0. The summed E-state index contributed by atoms with van der Waals surface area (Å²) in [6.07, 6.45) is 2.34. The van der Waals surface area contributed by atoms with Crippen molar-refractivity contribution < 1.29 is 9.21 Å². The minimum absolute atomic E-state index is 0.0282. The van der Waals surface area contributed by atoms with E-state index in [9.17, 15) is 4.79 Å². The number of nitrogens with zero attached hydrogens (tertiary/aromatic N) is 2. The molecule has 3 rings (SSSR count). The molecule has 3 aromatic rings. The monoisotopic (exact) mass is 402 g/mol. The minimum atomic E-state index is 0.0282. The molecular formula is C21H20Cl2N2O2. The molecule has 6 heteroatoms. The van der Waals surface area contributed by atoms with Crippen molar-refractivity contribution in [3.05, 3.63) is 70.7 Å². The molecule has 140 valence electrons. The van der Waals surface area contributed by atoms with Gasteiger partial charge in [0.15, 0.2) is 11.7 Å². The number of aryl methyl sites for hydroxylation is 1. The Bertz CT molecular complexity index is 923. The van der Waals surface area contributed by atoms with E-state index in [2.05, 4.69) is 4.98 Å². The number of rotatable bonds is 6. The first-order valence-electron chi connectivity index (χ1n) is 8.73. The summed E-state index contributed by atoms with van der Waals surface area (Å²) in [7, 11) is 0. The fourth-order valence-corrected chi connectivity index (χ4v) is 3.39. The number of aromatic nitrogens is 1. The van der Waals surface area contributed by atoms with Crippen molar-refractivity contribution in [2.75, 3.05) is 4.90 Å². The van der Waals surface area contributed by atoms with Gasteiger partial charge in [-0.15, -0.1) is 0 Å². The number of halogens is 2. The average Bonchev–Trinajstić information content (AvgIpc) is 3.09. The molecule has 0 atom stereocenters. The zero-order chi connectivity index (χ0) is 19.4. The summed E-state index contributed by atoms with van der Waals surface area (Å²) in [4.78, 5) is 18.8. The molecule has 1 aromatic heterocycles. The van der Waals surface area contributed by atoms with Crippen molar-refractivity contribution in [3.63, 3.8) is 0 Å². The first-order valence-corrected chi connectivity index (χ1v) is 9.48. The third-order valence-electron chi connectivity index (χ3n) is 4.12. The Balaban J connectivity index is 1.69. The van der Waals surface area contributed by atoms with Crippen molar-refractivity contribution in [1.82, 2.24) is 4.98 Å². The highest BCUT2D eigenvalue weighted by Crippen LogP contribution is 2.31. The molecule has 0 radical (unpaired) electrons. The highest BCUT2D eigenvalue weighted by atomic mass is 35.5. The van der Waals surface area contributed by atoms with E-state index in [1.54, 1.807) is 29.3 Å². The summed E-state index contributed by atoms with van der Waals surface area (Å²) in [5.74, 6) is 1.09.